The number of hydrogen-bond donors (Lipinski definition) is 3. The molecule has 3 N–H and O–H groups in total. The predicted octanol–water partition coefficient (Wildman–Crippen LogP) is -2.95. The van der Waals surface area contributed by atoms with Crippen molar-refractivity contribution in [1.82, 2.24) is 0 Å². The molecule has 0 spiro atoms. The molecule has 92 valence electrons. The SMILES string of the molecule is O=C(CO)Nc1ccc([As](=O)([O-])O)cc1.[Bi+3].[O-2]. The number of carbonyl (C=O) groups is 1. The van der Waals surface area contributed by atoms with Crippen LogP contribution in [0.25, 0.3) is 0 Å². The van der Waals surface area contributed by atoms with E-state index in [1.165, 1.54) is 24.3 Å². The zero-order valence-corrected chi connectivity index (χ0v) is 13.8. The van der Waals surface area contributed by atoms with Crippen LogP contribution in [0.1, 0.15) is 0 Å². The van der Waals surface area contributed by atoms with Gasteiger partial charge < -0.3 is 5.48 Å². The van der Waals surface area contributed by atoms with E-state index < -0.39 is 26.7 Å². The van der Waals surface area contributed by atoms with Crippen LogP contribution in [-0.4, -0.2) is 62.1 Å². The van der Waals surface area contributed by atoms with Crippen LogP contribution in [0.15, 0.2) is 24.3 Å². The first-order chi connectivity index (χ1) is 6.93. The van der Waals surface area contributed by atoms with E-state index in [9.17, 15) is 12.6 Å². The fraction of sp³-hybridized carbons (Fsp3) is 0.125. The summed E-state index contributed by atoms with van der Waals surface area (Å²) in [5.74, 6) is -0.595. The molecule has 2 radical (unpaired) electrons. The van der Waals surface area contributed by atoms with Crippen LogP contribution in [-0.2, 0) is 14.0 Å². The molecule has 1 rings (SSSR count). The fourth-order valence-corrected chi connectivity index (χ4v) is 2.04. The minimum absolute atomic E-state index is 0. The van der Waals surface area contributed by atoms with Crippen molar-refractivity contribution in [3.8, 4) is 0 Å². The first kappa shape index (κ1) is 19.1. The fourth-order valence-electron chi connectivity index (χ4n) is 0.934. The van der Waals surface area contributed by atoms with Crippen LogP contribution in [0.3, 0.4) is 0 Å². The molecule has 17 heavy (non-hydrogen) atoms. The molecule has 0 saturated heterocycles. The van der Waals surface area contributed by atoms with Gasteiger partial charge in [0.2, 0.25) is 0 Å². The minimum atomic E-state index is -5.09. The second-order valence-electron chi connectivity index (χ2n) is 2.77. The summed E-state index contributed by atoms with van der Waals surface area (Å²) in [6, 6.07) is 5.01. The summed E-state index contributed by atoms with van der Waals surface area (Å²) < 4.78 is 30.0. The monoisotopic (exact) mass is 499 g/mol. The van der Waals surface area contributed by atoms with Gasteiger partial charge in [0.05, 0.1) is 0 Å². The molecule has 0 heterocycles. The summed E-state index contributed by atoms with van der Waals surface area (Å²) in [6.45, 7) is -0.647. The second kappa shape index (κ2) is 7.98. The molecule has 7 nitrogen and oxygen atoms in total. The zero-order chi connectivity index (χ0) is 11.5. The molecule has 0 aliphatic rings. The van der Waals surface area contributed by atoms with Crippen molar-refractivity contribution in [1.29, 1.82) is 0 Å². The maximum atomic E-state index is 10.7. The van der Waals surface area contributed by atoms with Crippen molar-refractivity contribution in [3.63, 3.8) is 0 Å². The number of carbonyl (C=O) groups excluding carboxylic acids is 1. The normalized spacial score (nSPS) is 12.6. The van der Waals surface area contributed by atoms with Crippen molar-refractivity contribution in [3.05, 3.63) is 24.3 Å². The molecule has 1 atom stereocenters. The van der Waals surface area contributed by atoms with Gasteiger partial charge in [0, 0.05) is 0 Å². The number of aliphatic hydroxyl groups is 1. The smallest absolute Gasteiger partial charge is 2.00 e. The summed E-state index contributed by atoms with van der Waals surface area (Å²) in [7, 11) is 0. The van der Waals surface area contributed by atoms with E-state index in [2.05, 4.69) is 5.32 Å². The van der Waals surface area contributed by atoms with Crippen LogP contribution in [0.2, 0.25) is 0 Å². The molecule has 1 amide bonds. The summed E-state index contributed by atoms with van der Waals surface area (Å²) >= 11 is -5.09. The van der Waals surface area contributed by atoms with Gasteiger partial charge in [-0.3, -0.25) is 0 Å². The Balaban J connectivity index is 0. The van der Waals surface area contributed by atoms with E-state index in [0.717, 1.165) is 0 Å². The van der Waals surface area contributed by atoms with Crippen molar-refractivity contribution < 1.29 is 27.3 Å². The van der Waals surface area contributed by atoms with Gasteiger partial charge in [-0.15, -0.1) is 0 Å². The Morgan fingerprint density at radius 1 is 1.35 bits per heavy atom. The molecule has 0 aliphatic heterocycles. The predicted molar refractivity (Wildman–Crippen MR) is 56.9 cm³/mol. The number of rotatable bonds is 3. The molecule has 1 aromatic rings. The number of aliphatic hydroxyl groups excluding tert-OH is 1. The van der Waals surface area contributed by atoms with Gasteiger partial charge in [-0.25, -0.2) is 0 Å². The van der Waals surface area contributed by atoms with E-state index in [1.807, 2.05) is 0 Å². The summed E-state index contributed by atoms with van der Waals surface area (Å²) in [4.78, 5) is 10.7. The Morgan fingerprint density at radius 2 is 1.82 bits per heavy atom. The molecular weight excluding hydrogens is 490 g/mol. The molecular formula is C8H9AsBiNO6. The van der Waals surface area contributed by atoms with Crippen LogP contribution in [0.4, 0.5) is 5.69 Å². The molecule has 1 aromatic carbocycles. The largest absolute Gasteiger partial charge is 3.00 e. The average Bonchev–Trinajstić information content (AvgIpc) is 2.17. The third kappa shape index (κ3) is 6.31. The van der Waals surface area contributed by atoms with E-state index in [4.69, 9.17) is 9.20 Å². The molecule has 0 aromatic heterocycles. The Labute approximate surface area is 119 Å². The number of benzene rings is 1. The van der Waals surface area contributed by atoms with Gasteiger partial charge in [-0.2, -0.15) is 0 Å². The van der Waals surface area contributed by atoms with Crippen molar-refractivity contribution >= 4 is 56.3 Å². The zero-order valence-electron chi connectivity index (χ0n) is 8.44. The van der Waals surface area contributed by atoms with E-state index in [-0.39, 0.29) is 36.0 Å². The molecule has 9 heteroatoms. The van der Waals surface area contributed by atoms with Crippen molar-refractivity contribution in [2.24, 2.45) is 0 Å². The number of anilines is 1. The second-order valence-corrected chi connectivity index (χ2v) is 6.04. The maximum Gasteiger partial charge on any atom is 3.00 e. The van der Waals surface area contributed by atoms with Gasteiger partial charge in [0.15, 0.2) is 0 Å². The van der Waals surface area contributed by atoms with Gasteiger partial charge in [0.1, 0.15) is 0 Å². The van der Waals surface area contributed by atoms with Crippen LogP contribution >= 0.6 is 0 Å². The van der Waals surface area contributed by atoms with Crippen LogP contribution in [0.5, 0.6) is 0 Å². The van der Waals surface area contributed by atoms with E-state index in [0.29, 0.717) is 5.69 Å². The average molecular weight is 499 g/mol. The number of nitrogens with one attached hydrogen (secondary N) is 1. The molecule has 0 aliphatic carbocycles. The number of hydrogen-bond acceptors (Lipinski definition) is 4. The molecule has 0 fully saturated rings. The summed E-state index contributed by atoms with van der Waals surface area (Å²) in [5, 5.41) is 10.8. The minimum Gasteiger partial charge on any atom is -2.00 e. The van der Waals surface area contributed by atoms with Gasteiger partial charge in [-0.05, 0) is 0 Å². The van der Waals surface area contributed by atoms with Gasteiger partial charge in [0.25, 0.3) is 0 Å². The standard InChI is InChI=1S/C8H10AsNO5.Bi.O/c11-5-8(12)10-7-3-1-6(2-4-7)9(13,14)15;;/h1-4,11H,5H2,(H,10,12)(H2,13,14,15);;/q;+3;-2/p-1. The van der Waals surface area contributed by atoms with Crippen LogP contribution < -0.4 is 13.8 Å². The maximum absolute atomic E-state index is 10.7. The van der Waals surface area contributed by atoms with Crippen molar-refractivity contribution in [2.45, 2.75) is 0 Å². The quantitative estimate of drug-likeness (QED) is 0.382. The number of amides is 1. The Morgan fingerprint density at radius 3 is 2.18 bits per heavy atom. The Kier molecular flexibility index (Phi) is 8.97. The van der Waals surface area contributed by atoms with Gasteiger partial charge in [-0.1, -0.05) is 0 Å². The van der Waals surface area contributed by atoms with E-state index in [1.54, 1.807) is 0 Å². The molecule has 0 bridgehead atoms. The van der Waals surface area contributed by atoms with Crippen molar-refractivity contribution in [2.75, 3.05) is 11.9 Å². The van der Waals surface area contributed by atoms with Crippen LogP contribution in [0, 0.1) is 0 Å². The molecule has 1 unspecified atom stereocenters. The molecule has 0 saturated carbocycles. The Bertz CT molecular complexity index is 403. The third-order valence-electron chi connectivity index (χ3n) is 1.62. The Hall–Kier alpha value is -0.228. The topological polar surface area (TPSA) is 138 Å². The third-order valence-corrected chi connectivity index (χ3v) is 3.62. The first-order valence-corrected chi connectivity index (χ1v) is 7.29. The van der Waals surface area contributed by atoms with E-state index >= 15 is 0 Å². The van der Waals surface area contributed by atoms with Gasteiger partial charge >= 0.3 is 114 Å². The summed E-state index contributed by atoms with van der Waals surface area (Å²) in [5.41, 5.74) is 0.349. The first-order valence-electron chi connectivity index (χ1n) is 3.98. The summed E-state index contributed by atoms with van der Waals surface area (Å²) in [6.07, 6.45) is 0.